The van der Waals surface area contributed by atoms with Crippen LogP contribution in [0.25, 0.3) is 0 Å². The van der Waals surface area contributed by atoms with E-state index < -0.39 is 0 Å². The summed E-state index contributed by atoms with van der Waals surface area (Å²) in [7, 11) is 0. The van der Waals surface area contributed by atoms with Gasteiger partial charge in [0.05, 0.1) is 6.10 Å². The monoisotopic (exact) mass is 392 g/mol. The van der Waals surface area contributed by atoms with E-state index in [0.717, 1.165) is 42.2 Å². The van der Waals surface area contributed by atoms with Crippen molar-refractivity contribution in [2.45, 2.75) is 91.7 Å². The van der Waals surface area contributed by atoms with E-state index in [4.69, 9.17) is 4.74 Å². The summed E-state index contributed by atoms with van der Waals surface area (Å²) in [4.78, 5) is 5.60. The lowest BCUT2D eigenvalue weighted by Gasteiger charge is -2.48. The molecule has 0 radical (unpaired) electrons. The standard InChI is InChI=1S/C25H48N2O/c1-19(2)21(5)24-8-13-27(14-9-24)25-16-23(17-25)18-26-11-6-22(7-12-26)10-15-28-20(3)4/h19-25H,6-18H2,1-5H3/t21?,23-,25-. The van der Waals surface area contributed by atoms with Gasteiger partial charge in [-0.25, -0.2) is 0 Å². The third-order valence-corrected chi connectivity index (χ3v) is 8.30. The first-order valence-electron chi connectivity index (χ1n) is 12.5. The number of nitrogens with zero attached hydrogens (tertiary/aromatic N) is 2. The van der Waals surface area contributed by atoms with Gasteiger partial charge in [0, 0.05) is 19.2 Å². The van der Waals surface area contributed by atoms with Crippen molar-refractivity contribution >= 4 is 0 Å². The fourth-order valence-electron chi connectivity index (χ4n) is 5.80. The van der Waals surface area contributed by atoms with Crippen molar-refractivity contribution in [1.29, 1.82) is 0 Å². The molecule has 28 heavy (non-hydrogen) atoms. The fourth-order valence-corrected chi connectivity index (χ4v) is 5.80. The van der Waals surface area contributed by atoms with E-state index in [1.807, 2.05) is 0 Å². The number of hydrogen-bond donors (Lipinski definition) is 0. The van der Waals surface area contributed by atoms with Gasteiger partial charge in [0.2, 0.25) is 0 Å². The van der Waals surface area contributed by atoms with Gasteiger partial charge in [0.25, 0.3) is 0 Å². The smallest absolute Gasteiger partial charge is 0.0518 e. The molecule has 3 aliphatic rings. The molecule has 0 spiro atoms. The minimum Gasteiger partial charge on any atom is -0.379 e. The maximum atomic E-state index is 5.74. The van der Waals surface area contributed by atoms with Gasteiger partial charge >= 0.3 is 0 Å². The second kappa shape index (κ2) is 10.8. The van der Waals surface area contributed by atoms with E-state index in [1.165, 1.54) is 77.7 Å². The average molecular weight is 393 g/mol. The Morgan fingerprint density at radius 2 is 1.46 bits per heavy atom. The topological polar surface area (TPSA) is 15.7 Å². The van der Waals surface area contributed by atoms with Crippen LogP contribution >= 0.6 is 0 Å². The third-order valence-electron chi connectivity index (χ3n) is 8.30. The molecule has 3 heteroatoms. The van der Waals surface area contributed by atoms with Crippen LogP contribution in [-0.4, -0.2) is 61.3 Å². The summed E-state index contributed by atoms with van der Waals surface area (Å²) in [5.41, 5.74) is 0. The molecule has 1 saturated carbocycles. The largest absolute Gasteiger partial charge is 0.379 e. The molecule has 1 aliphatic carbocycles. The number of likely N-dealkylation sites (tertiary alicyclic amines) is 2. The fraction of sp³-hybridized carbons (Fsp3) is 1.00. The van der Waals surface area contributed by atoms with Gasteiger partial charge in [-0.15, -0.1) is 0 Å². The van der Waals surface area contributed by atoms with Crippen LogP contribution in [0.5, 0.6) is 0 Å². The van der Waals surface area contributed by atoms with Crippen LogP contribution in [0.2, 0.25) is 0 Å². The van der Waals surface area contributed by atoms with Crippen LogP contribution in [0.1, 0.15) is 79.6 Å². The first kappa shape index (κ1) is 22.6. The molecule has 3 rings (SSSR count). The highest BCUT2D eigenvalue weighted by molar-refractivity contribution is 4.91. The lowest BCUT2D eigenvalue weighted by molar-refractivity contribution is 0.0164. The maximum absolute atomic E-state index is 5.74. The minimum atomic E-state index is 0.385. The van der Waals surface area contributed by atoms with Gasteiger partial charge in [0.15, 0.2) is 0 Å². The van der Waals surface area contributed by atoms with Crippen molar-refractivity contribution in [3.63, 3.8) is 0 Å². The quantitative estimate of drug-likeness (QED) is 0.530. The highest BCUT2D eigenvalue weighted by Crippen LogP contribution is 2.37. The van der Waals surface area contributed by atoms with E-state index in [-0.39, 0.29) is 0 Å². The van der Waals surface area contributed by atoms with Crippen LogP contribution in [-0.2, 0) is 4.74 Å². The summed E-state index contributed by atoms with van der Waals surface area (Å²) in [6.45, 7) is 19.3. The molecular weight excluding hydrogens is 344 g/mol. The summed E-state index contributed by atoms with van der Waals surface area (Å²) in [5, 5.41) is 0. The molecule has 3 nitrogen and oxygen atoms in total. The Hall–Kier alpha value is -0.120. The van der Waals surface area contributed by atoms with Crippen LogP contribution in [0.15, 0.2) is 0 Å². The van der Waals surface area contributed by atoms with Crippen LogP contribution in [0, 0.1) is 29.6 Å². The molecule has 0 bridgehead atoms. The molecule has 2 aliphatic heterocycles. The molecule has 0 aromatic heterocycles. The van der Waals surface area contributed by atoms with E-state index in [2.05, 4.69) is 44.4 Å². The second-order valence-corrected chi connectivity index (χ2v) is 10.9. The predicted molar refractivity (Wildman–Crippen MR) is 120 cm³/mol. The summed E-state index contributed by atoms with van der Waals surface area (Å²) < 4.78 is 5.74. The molecule has 2 saturated heterocycles. The molecule has 0 aromatic rings. The van der Waals surface area contributed by atoms with Crippen molar-refractivity contribution in [1.82, 2.24) is 9.80 Å². The number of ether oxygens (including phenoxy) is 1. The molecule has 164 valence electrons. The molecule has 3 fully saturated rings. The summed E-state index contributed by atoms with van der Waals surface area (Å²) >= 11 is 0. The van der Waals surface area contributed by atoms with Crippen molar-refractivity contribution in [3.8, 4) is 0 Å². The molecule has 1 unspecified atom stereocenters. The van der Waals surface area contributed by atoms with Crippen LogP contribution in [0.4, 0.5) is 0 Å². The minimum absolute atomic E-state index is 0.385. The van der Waals surface area contributed by atoms with Gasteiger partial charge in [-0.05, 0) is 115 Å². The molecule has 1 atom stereocenters. The highest BCUT2D eigenvalue weighted by atomic mass is 16.5. The first-order chi connectivity index (χ1) is 13.4. The molecular formula is C25H48N2O. The SMILES string of the molecule is CC(C)OCCC1CCN(C[C@H]2C[C@H](N3CCC(C(C)C(C)C)CC3)C2)CC1. The van der Waals surface area contributed by atoms with E-state index in [0.29, 0.717) is 6.10 Å². The summed E-state index contributed by atoms with van der Waals surface area (Å²) in [5.74, 6) is 4.59. The van der Waals surface area contributed by atoms with E-state index >= 15 is 0 Å². The molecule has 2 heterocycles. The lowest BCUT2D eigenvalue weighted by Crippen LogP contribution is -2.51. The lowest BCUT2D eigenvalue weighted by atomic mass is 9.75. The van der Waals surface area contributed by atoms with Gasteiger partial charge in [-0.3, -0.25) is 0 Å². The van der Waals surface area contributed by atoms with Crippen molar-refractivity contribution in [2.24, 2.45) is 29.6 Å². The number of hydrogen-bond acceptors (Lipinski definition) is 3. The third kappa shape index (κ3) is 6.44. The van der Waals surface area contributed by atoms with Gasteiger partial charge in [-0.1, -0.05) is 20.8 Å². The second-order valence-electron chi connectivity index (χ2n) is 10.9. The Bertz CT molecular complexity index is 430. The molecule has 0 amide bonds. The highest BCUT2D eigenvalue weighted by Gasteiger charge is 2.37. The van der Waals surface area contributed by atoms with Crippen molar-refractivity contribution in [3.05, 3.63) is 0 Å². The van der Waals surface area contributed by atoms with Gasteiger partial charge in [-0.2, -0.15) is 0 Å². The Morgan fingerprint density at radius 3 is 2.04 bits per heavy atom. The normalized spacial score (nSPS) is 30.1. The number of rotatable bonds is 9. The van der Waals surface area contributed by atoms with Crippen LogP contribution in [0.3, 0.4) is 0 Å². The zero-order chi connectivity index (χ0) is 20.1. The Kier molecular flexibility index (Phi) is 8.68. The molecule has 0 N–H and O–H groups in total. The van der Waals surface area contributed by atoms with Crippen molar-refractivity contribution in [2.75, 3.05) is 39.3 Å². The predicted octanol–water partition coefficient (Wildman–Crippen LogP) is 5.30. The van der Waals surface area contributed by atoms with Crippen molar-refractivity contribution < 1.29 is 4.74 Å². The van der Waals surface area contributed by atoms with Gasteiger partial charge < -0.3 is 14.5 Å². The summed E-state index contributed by atoms with van der Waals surface area (Å²) in [6, 6.07) is 0.908. The Morgan fingerprint density at radius 1 is 0.821 bits per heavy atom. The molecule has 0 aromatic carbocycles. The maximum Gasteiger partial charge on any atom is 0.0518 e. The Labute approximate surface area is 175 Å². The zero-order valence-corrected chi connectivity index (χ0v) is 19.5. The number of piperidine rings is 2. The Balaban J connectivity index is 1.26. The summed E-state index contributed by atoms with van der Waals surface area (Å²) in [6.07, 6.45) is 10.2. The average Bonchev–Trinajstić information content (AvgIpc) is 2.65. The first-order valence-corrected chi connectivity index (χ1v) is 12.5. The van der Waals surface area contributed by atoms with E-state index in [1.54, 1.807) is 0 Å². The van der Waals surface area contributed by atoms with Crippen LogP contribution < -0.4 is 0 Å². The van der Waals surface area contributed by atoms with Gasteiger partial charge in [0.1, 0.15) is 0 Å². The zero-order valence-electron chi connectivity index (χ0n) is 19.5. The van der Waals surface area contributed by atoms with E-state index in [9.17, 15) is 0 Å².